The minimum atomic E-state index is -0.468. The molecule has 118 valence electrons. The van der Waals surface area contributed by atoms with Crippen LogP contribution in [0.4, 0.5) is 4.39 Å². The zero-order chi connectivity index (χ0) is 13.4. The second-order valence-corrected chi connectivity index (χ2v) is 5.57. The van der Waals surface area contributed by atoms with Gasteiger partial charge in [0.1, 0.15) is 5.82 Å². The summed E-state index contributed by atoms with van der Waals surface area (Å²) in [6.07, 6.45) is 6.91. The molecule has 2 unspecified atom stereocenters. The number of aromatic nitrogens is 1. The highest BCUT2D eigenvalue weighted by Gasteiger charge is 2.36. The van der Waals surface area contributed by atoms with Gasteiger partial charge in [-0.2, -0.15) is 0 Å². The molecule has 0 saturated carbocycles. The SMILES string of the molecule is CN(C(=O)c1cncc(F)c1)C1CC2CCC(C1)N2.Cl.Cl. The predicted octanol–water partition coefficient (Wildman–Crippen LogP) is 2.42. The van der Waals surface area contributed by atoms with E-state index in [1.54, 1.807) is 4.90 Å². The first-order chi connectivity index (χ1) is 9.13. The number of halogens is 3. The minimum Gasteiger partial charge on any atom is -0.339 e. The molecule has 3 rings (SSSR count). The van der Waals surface area contributed by atoms with E-state index >= 15 is 0 Å². The van der Waals surface area contributed by atoms with Crippen LogP contribution in [0, 0.1) is 5.82 Å². The van der Waals surface area contributed by atoms with Gasteiger partial charge < -0.3 is 10.2 Å². The highest BCUT2D eigenvalue weighted by atomic mass is 35.5. The maximum absolute atomic E-state index is 13.1. The van der Waals surface area contributed by atoms with E-state index in [9.17, 15) is 9.18 Å². The van der Waals surface area contributed by atoms with E-state index in [-0.39, 0.29) is 36.8 Å². The van der Waals surface area contributed by atoms with Crippen molar-refractivity contribution >= 4 is 30.7 Å². The van der Waals surface area contributed by atoms with Crippen LogP contribution in [-0.2, 0) is 0 Å². The van der Waals surface area contributed by atoms with Crippen LogP contribution in [0.1, 0.15) is 36.0 Å². The lowest BCUT2D eigenvalue weighted by Gasteiger charge is -2.35. The molecule has 3 heterocycles. The van der Waals surface area contributed by atoms with E-state index in [4.69, 9.17) is 0 Å². The minimum absolute atomic E-state index is 0. The third-order valence-corrected chi connectivity index (χ3v) is 4.27. The second kappa shape index (κ2) is 7.38. The molecule has 0 aliphatic carbocycles. The number of nitrogens with zero attached hydrogens (tertiary/aromatic N) is 2. The summed E-state index contributed by atoms with van der Waals surface area (Å²) in [6, 6.07) is 2.56. The lowest BCUT2D eigenvalue weighted by molar-refractivity contribution is 0.0680. The van der Waals surface area contributed by atoms with E-state index < -0.39 is 5.82 Å². The Hall–Kier alpha value is -0.910. The van der Waals surface area contributed by atoms with Gasteiger partial charge in [0.15, 0.2) is 0 Å². The number of piperidine rings is 1. The molecule has 21 heavy (non-hydrogen) atoms. The molecule has 2 aliphatic heterocycles. The summed E-state index contributed by atoms with van der Waals surface area (Å²) in [4.78, 5) is 17.8. The van der Waals surface area contributed by atoms with Crippen molar-refractivity contribution in [2.24, 2.45) is 0 Å². The largest absolute Gasteiger partial charge is 0.339 e. The number of hydrogen-bond acceptors (Lipinski definition) is 3. The van der Waals surface area contributed by atoms with Crippen molar-refractivity contribution in [3.8, 4) is 0 Å². The second-order valence-electron chi connectivity index (χ2n) is 5.57. The lowest BCUT2D eigenvalue weighted by Crippen LogP contribution is -2.48. The number of rotatable bonds is 2. The van der Waals surface area contributed by atoms with Crippen molar-refractivity contribution in [2.45, 2.75) is 43.8 Å². The lowest BCUT2D eigenvalue weighted by atomic mass is 9.98. The molecule has 7 heteroatoms. The van der Waals surface area contributed by atoms with Crippen LogP contribution in [-0.4, -0.2) is 41.0 Å². The predicted molar refractivity (Wildman–Crippen MR) is 83.8 cm³/mol. The summed E-state index contributed by atoms with van der Waals surface area (Å²) in [6.45, 7) is 0. The molecule has 2 atom stereocenters. The van der Waals surface area contributed by atoms with Crippen molar-refractivity contribution in [2.75, 3.05) is 7.05 Å². The zero-order valence-corrected chi connectivity index (χ0v) is 13.4. The molecule has 0 spiro atoms. The topological polar surface area (TPSA) is 45.2 Å². The van der Waals surface area contributed by atoms with E-state index in [1.807, 2.05) is 7.05 Å². The van der Waals surface area contributed by atoms with Crippen molar-refractivity contribution in [1.82, 2.24) is 15.2 Å². The normalized spacial score (nSPS) is 26.5. The van der Waals surface area contributed by atoms with Crippen molar-refractivity contribution in [3.05, 3.63) is 29.8 Å². The van der Waals surface area contributed by atoms with Crippen molar-refractivity contribution in [1.29, 1.82) is 0 Å². The fourth-order valence-corrected chi connectivity index (χ4v) is 3.24. The quantitative estimate of drug-likeness (QED) is 0.902. The van der Waals surface area contributed by atoms with Crippen LogP contribution in [0.2, 0.25) is 0 Å². The zero-order valence-electron chi connectivity index (χ0n) is 11.8. The van der Waals surface area contributed by atoms with Crippen LogP contribution in [0.25, 0.3) is 0 Å². The molecular formula is C14H20Cl2FN3O. The summed E-state index contributed by atoms with van der Waals surface area (Å²) < 4.78 is 13.1. The molecule has 4 nitrogen and oxygen atoms in total. The summed E-state index contributed by atoms with van der Waals surface area (Å²) in [7, 11) is 1.81. The number of hydrogen-bond donors (Lipinski definition) is 1. The Morgan fingerprint density at radius 2 is 1.90 bits per heavy atom. The number of carbonyl (C=O) groups is 1. The van der Waals surface area contributed by atoms with E-state index in [0.29, 0.717) is 17.6 Å². The van der Waals surface area contributed by atoms with Crippen LogP contribution in [0.15, 0.2) is 18.5 Å². The number of amides is 1. The Kier molecular flexibility index (Phi) is 6.38. The van der Waals surface area contributed by atoms with Gasteiger partial charge in [0, 0.05) is 31.4 Å². The molecule has 0 radical (unpaired) electrons. The average Bonchev–Trinajstić information content (AvgIpc) is 2.76. The Morgan fingerprint density at radius 1 is 1.29 bits per heavy atom. The van der Waals surface area contributed by atoms with Gasteiger partial charge >= 0.3 is 0 Å². The third-order valence-electron chi connectivity index (χ3n) is 4.27. The first kappa shape index (κ1) is 18.1. The third kappa shape index (κ3) is 3.84. The highest BCUT2D eigenvalue weighted by molar-refractivity contribution is 5.93. The molecule has 1 N–H and O–H groups in total. The van der Waals surface area contributed by atoms with E-state index in [0.717, 1.165) is 19.0 Å². The van der Waals surface area contributed by atoms with Crippen molar-refractivity contribution < 1.29 is 9.18 Å². The van der Waals surface area contributed by atoms with Gasteiger partial charge in [0.05, 0.1) is 11.8 Å². The van der Waals surface area contributed by atoms with E-state index in [2.05, 4.69) is 10.3 Å². The van der Waals surface area contributed by atoms with Gasteiger partial charge in [-0.25, -0.2) is 4.39 Å². The van der Waals surface area contributed by atoms with Gasteiger partial charge in [-0.1, -0.05) is 0 Å². The summed E-state index contributed by atoms with van der Waals surface area (Å²) in [5.41, 5.74) is 0.327. The first-order valence-corrected chi connectivity index (χ1v) is 6.77. The average molecular weight is 336 g/mol. The number of fused-ring (bicyclic) bond motifs is 2. The van der Waals surface area contributed by atoms with Crippen LogP contribution >= 0.6 is 24.8 Å². The van der Waals surface area contributed by atoms with Gasteiger partial charge in [0.2, 0.25) is 0 Å². The van der Waals surface area contributed by atoms with Gasteiger partial charge in [0.25, 0.3) is 5.91 Å². The summed E-state index contributed by atoms with van der Waals surface area (Å²) >= 11 is 0. The van der Waals surface area contributed by atoms with Crippen LogP contribution in [0.5, 0.6) is 0 Å². The molecule has 1 amide bonds. The van der Waals surface area contributed by atoms with Gasteiger partial charge in [-0.15, -0.1) is 24.8 Å². The van der Waals surface area contributed by atoms with Crippen LogP contribution < -0.4 is 5.32 Å². The molecule has 1 aromatic heterocycles. The van der Waals surface area contributed by atoms with Crippen molar-refractivity contribution in [3.63, 3.8) is 0 Å². The number of nitrogens with one attached hydrogen (secondary N) is 1. The Labute approximate surface area is 136 Å². The molecule has 2 fully saturated rings. The number of carbonyl (C=O) groups excluding carboxylic acids is 1. The molecule has 2 aliphatic rings. The molecule has 1 aromatic rings. The highest BCUT2D eigenvalue weighted by Crippen LogP contribution is 2.29. The van der Waals surface area contributed by atoms with E-state index in [1.165, 1.54) is 25.1 Å². The maximum Gasteiger partial charge on any atom is 0.255 e. The monoisotopic (exact) mass is 335 g/mol. The first-order valence-electron chi connectivity index (χ1n) is 6.77. The standard InChI is InChI=1S/C14H18FN3O.2ClH/c1-18(13-5-11-2-3-12(6-13)17-11)14(19)9-4-10(15)8-16-7-9;;/h4,7-8,11-13,17H,2-3,5-6H2,1H3;2*1H. The molecule has 2 bridgehead atoms. The Balaban J connectivity index is 0.00000110. The molecule has 2 saturated heterocycles. The fourth-order valence-electron chi connectivity index (χ4n) is 3.24. The fraction of sp³-hybridized carbons (Fsp3) is 0.571. The smallest absolute Gasteiger partial charge is 0.255 e. The van der Waals surface area contributed by atoms with Gasteiger partial charge in [-0.3, -0.25) is 9.78 Å². The van der Waals surface area contributed by atoms with Gasteiger partial charge in [-0.05, 0) is 31.7 Å². The summed E-state index contributed by atoms with van der Waals surface area (Å²) in [5, 5.41) is 3.55. The van der Waals surface area contributed by atoms with Crippen LogP contribution in [0.3, 0.4) is 0 Å². The maximum atomic E-state index is 13.1. The summed E-state index contributed by atoms with van der Waals surface area (Å²) in [5.74, 6) is -0.608. The Bertz CT molecular complexity index is 491. The molecule has 0 aromatic carbocycles. The Morgan fingerprint density at radius 3 is 2.48 bits per heavy atom. The number of pyridine rings is 1. The molecular weight excluding hydrogens is 316 g/mol.